The second-order valence-corrected chi connectivity index (χ2v) is 5.24. The molecule has 3 aromatic rings. The highest BCUT2D eigenvalue weighted by Gasteiger charge is 2.19. The molecule has 0 bridgehead atoms. The summed E-state index contributed by atoms with van der Waals surface area (Å²) in [4.78, 5) is 28.2. The lowest BCUT2D eigenvalue weighted by Crippen LogP contribution is -2.26. The van der Waals surface area contributed by atoms with E-state index in [0.29, 0.717) is 28.2 Å². The van der Waals surface area contributed by atoms with Crippen LogP contribution in [0.1, 0.15) is 10.5 Å². The van der Waals surface area contributed by atoms with Gasteiger partial charge in [-0.15, -0.1) is 0 Å². The highest BCUT2D eigenvalue weighted by molar-refractivity contribution is 6.67. The molecule has 0 atom stereocenters. The molecular formula is C16H9ClN2O4. The van der Waals surface area contributed by atoms with E-state index in [4.69, 9.17) is 21.1 Å². The quantitative estimate of drug-likeness (QED) is 0.676. The van der Waals surface area contributed by atoms with Gasteiger partial charge in [0.2, 0.25) is 6.79 Å². The lowest BCUT2D eigenvalue weighted by molar-refractivity contribution is 0.107. The average molecular weight is 329 g/mol. The van der Waals surface area contributed by atoms with Crippen LogP contribution in [0.2, 0.25) is 0 Å². The summed E-state index contributed by atoms with van der Waals surface area (Å²) in [6.07, 6.45) is 0. The van der Waals surface area contributed by atoms with E-state index in [1.54, 1.807) is 42.5 Å². The Morgan fingerprint density at radius 2 is 1.91 bits per heavy atom. The smallest absolute Gasteiger partial charge is 0.286 e. The Bertz CT molecular complexity index is 1010. The van der Waals surface area contributed by atoms with Crippen molar-refractivity contribution in [3.8, 4) is 17.2 Å². The Balaban J connectivity index is 2.07. The second kappa shape index (κ2) is 5.10. The summed E-state index contributed by atoms with van der Waals surface area (Å²) in [5, 5.41) is -0.893. The third-order valence-corrected chi connectivity index (χ3v) is 3.74. The third-order valence-electron chi connectivity index (χ3n) is 3.56. The van der Waals surface area contributed by atoms with E-state index in [9.17, 15) is 9.59 Å². The number of hydrogen-bond donors (Lipinski definition) is 0. The fraction of sp³-hybridized carbons (Fsp3) is 0.0625. The van der Waals surface area contributed by atoms with Crippen molar-refractivity contribution in [1.82, 2.24) is 9.55 Å². The van der Waals surface area contributed by atoms with Crippen LogP contribution in [0.5, 0.6) is 11.5 Å². The molecule has 23 heavy (non-hydrogen) atoms. The summed E-state index contributed by atoms with van der Waals surface area (Å²) in [5.41, 5.74) is 0.703. The van der Waals surface area contributed by atoms with Crippen molar-refractivity contribution in [2.75, 3.05) is 6.79 Å². The van der Waals surface area contributed by atoms with Crippen LogP contribution in [0.25, 0.3) is 16.7 Å². The molecule has 0 N–H and O–H groups in total. The summed E-state index contributed by atoms with van der Waals surface area (Å²) >= 11 is 5.50. The van der Waals surface area contributed by atoms with E-state index >= 15 is 0 Å². The van der Waals surface area contributed by atoms with Gasteiger partial charge < -0.3 is 9.47 Å². The minimum absolute atomic E-state index is 0.135. The topological polar surface area (TPSA) is 70.4 Å². The van der Waals surface area contributed by atoms with Gasteiger partial charge in [-0.1, -0.05) is 12.1 Å². The van der Waals surface area contributed by atoms with Crippen molar-refractivity contribution < 1.29 is 14.3 Å². The Morgan fingerprint density at radius 3 is 2.74 bits per heavy atom. The molecule has 2 heterocycles. The van der Waals surface area contributed by atoms with E-state index in [2.05, 4.69) is 4.98 Å². The molecule has 4 rings (SSSR count). The van der Waals surface area contributed by atoms with Crippen LogP contribution in [0.3, 0.4) is 0 Å². The molecular weight excluding hydrogens is 320 g/mol. The first-order valence-corrected chi connectivity index (χ1v) is 7.14. The summed E-state index contributed by atoms with van der Waals surface area (Å²) in [6, 6.07) is 12.1. The molecule has 114 valence electrons. The molecule has 7 heteroatoms. The van der Waals surface area contributed by atoms with Crippen molar-refractivity contribution in [2.45, 2.75) is 0 Å². The number of halogens is 1. The molecule has 0 amide bonds. The summed E-state index contributed by atoms with van der Waals surface area (Å²) in [5.74, 6) is 1.14. The van der Waals surface area contributed by atoms with Gasteiger partial charge in [-0.3, -0.25) is 14.2 Å². The van der Waals surface area contributed by atoms with Crippen molar-refractivity contribution >= 4 is 27.9 Å². The van der Waals surface area contributed by atoms with Crippen LogP contribution in [0.15, 0.2) is 47.3 Å². The third kappa shape index (κ3) is 2.15. The number of nitrogens with zero attached hydrogens (tertiary/aromatic N) is 2. The number of aromatic nitrogens is 2. The predicted octanol–water partition coefficient (Wildman–Crippen LogP) is 2.49. The minimum Gasteiger partial charge on any atom is -0.454 e. The van der Waals surface area contributed by atoms with Gasteiger partial charge in [-0.2, -0.15) is 0 Å². The van der Waals surface area contributed by atoms with Crippen molar-refractivity contribution in [3.63, 3.8) is 0 Å². The normalized spacial score (nSPS) is 12.6. The highest BCUT2D eigenvalue weighted by Crippen LogP contribution is 2.33. The van der Waals surface area contributed by atoms with Crippen LogP contribution in [-0.2, 0) is 0 Å². The van der Waals surface area contributed by atoms with E-state index < -0.39 is 10.8 Å². The van der Waals surface area contributed by atoms with Gasteiger partial charge >= 0.3 is 0 Å². The van der Waals surface area contributed by atoms with E-state index in [-0.39, 0.29) is 12.5 Å². The van der Waals surface area contributed by atoms with Gasteiger partial charge in [-0.25, -0.2) is 4.98 Å². The molecule has 1 aliphatic heterocycles. The van der Waals surface area contributed by atoms with Crippen LogP contribution in [0, 0.1) is 0 Å². The van der Waals surface area contributed by atoms with E-state index in [1.165, 1.54) is 4.57 Å². The average Bonchev–Trinajstić information content (AvgIpc) is 3.01. The Kier molecular flexibility index (Phi) is 3.06. The predicted molar refractivity (Wildman–Crippen MR) is 83.6 cm³/mol. The number of ether oxygens (including phenoxy) is 2. The molecule has 1 aromatic heterocycles. The van der Waals surface area contributed by atoms with Gasteiger partial charge in [0.15, 0.2) is 17.2 Å². The molecule has 1 aliphatic rings. The fourth-order valence-corrected chi connectivity index (χ4v) is 2.66. The number of carbonyl (C=O) groups excluding carboxylic acids is 1. The largest absolute Gasteiger partial charge is 0.454 e. The number of rotatable bonds is 2. The van der Waals surface area contributed by atoms with Gasteiger partial charge in [0.05, 0.1) is 16.7 Å². The summed E-state index contributed by atoms with van der Waals surface area (Å²) in [7, 11) is 0. The Labute approximate surface area is 134 Å². The van der Waals surface area contributed by atoms with E-state index in [1.807, 2.05) is 0 Å². The maximum absolute atomic E-state index is 12.6. The van der Waals surface area contributed by atoms with Gasteiger partial charge in [-0.05, 0) is 35.9 Å². The molecule has 0 radical (unpaired) electrons. The first kappa shape index (κ1) is 13.8. The number of benzene rings is 2. The van der Waals surface area contributed by atoms with Crippen LogP contribution >= 0.6 is 11.6 Å². The first-order valence-electron chi connectivity index (χ1n) is 6.77. The van der Waals surface area contributed by atoms with Crippen LogP contribution < -0.4 is 15.0 Å². The van der Waals surface area contributed by atoms with Crippen molar-refractivity contribution in [3.05, 3.63) is 58.5 Å². The van der Waals surface area contributed by atoms with Crippen LogP contribution in [-0.4, -0.2) is 21.6 Å². The molecule has 2 aromatic carbocycles. The molecule has 0 fully saturated rings. The zero-order chi connectivity index (χ0) is 16.0. The zero-order valence-electron chi connectivity index (χ0n) is 11.7. The second-order valence-electron chi connectivity index (χ2n) is 4.90. The summed E-state index contributed by atoms with van der Waals surface area (Å²) < 4.78 is 12.0. The lowest BCUT2D eigenvalue weighted by atomic mass is 10.2. The number of hydrogen-bond acceptors (Lipinski definition) is 5. The molecule has 0 spiro atoms. The maximum Gasteiger partial charge on any atom is 0.286 e. The van der Waals surface area contributed by atoms with Crippen LogP contribution in [0.4, 0.5) is 0 Å². The molecule has 0 saturated carbocycles. The van der Waals surface area contributed by atoms with Gasteiger partial charge in [0.25, 0.3) is 10.8 Å². The standard InChI is InChI=1S/C16H9ClN2O4/c17-15(20)14-16(21)19(11-4-2-1-3-10(11)18-14)9-5-6-12-13(7-9)23-8-22-12/h1-7H,8H2. The SMILES string of the molecule is O=C(Cl)c1nc2ccccc2n(-c2ccc3c(c2)OCO3)c1=O. The fourth-order valence-electron chi connectivity index (χ4n) is 2.54. The number of fused-ring (bicyclic) bond motifs is 2. The molecule has 0 saturated heterocycles. The number of carbonyl (C=O) groups is 1. The lowest BCUT2D eigenvalue weighted by Gasteiger charge is -2.11. The minimum atomic E-state index is -0.893. The highest BCUT2D eigenvalue weighted by atomic mass is 35.5. The van der Waals surface area contributed by atoms with E-state index in [0.717, 1.165) is 0 Å². The van der Waals surface area contributed by atoms with Crippen molar-refractivity contribution in [2.24, 2.45) is 0 Å². The number of para-hydroxylation sites is 2. The Hall–Kier alpha value is -2.86. The van der Waals surface area contributed by atoms with Gasteiger partial charge in [0, 0.05) is 6.07 Å². The first-order chi connectivity index (χ1) is 11.1. The van der Waals surface area contributed by atoms with Gasteiger partial charge in [0.1, 0.15) is 0 Å². The molecule has 6 nitrogen and oxygen atoms in total. The molecule has 0 aliphatic carbocycles. The van der Waals surface area contributed by atoms with Crippen molar-refractivity contribution in [1.29, 1.82) is 0 Å². The zero-order valence-corrected chi connectivity index (χ0v) is 12.4. The monoisotopic (exact) mass is 328 g/mol. The summed E-state index contributed by atoms with van der Waals surface area (Å²) in [6.45, 7) is 0.135. The maximum atomic E-state index is 12.6. The Morgan fingerprint density at radius 1 is 1.13 bits per heavy atom. The molecule has 0 unspecified atom stereocenters.